The lowest BCUT2D eigenvalue weighted by Gasteiger charge is -2.38. The Labute approximate surface area is 238 Å². The van der Waals surface area contributed by atoms with Crippen molar-refractivity contribution in [1.82, 2.24) is 4.90 Å². The summed E-state index contributed by atoms with van der Waals surface area (Å²) in [5.74, 6) is -1.35. The van der Waals surface area contributed by atoms with Crippen LogP contribution in [0.5, 0.6) is 5.75 Å². The van der Waals surface area contributed by atoms with Gasteiger partial charge < -0.3 is 40.1 Å². The third kappa shape index (κ3) is 8.84. The van der Waals surface area contributed by atoms with E-state index in [1.54, 1.807) is 42.5 Å². The number of nitrogens with one attached hydrogen (secondary N) is 1. The van der Waals surface area contributed by atoms with Crippen LogP contribution in [0.25, 0.3) is 0 Å². The fourth-order valence-corrected chi connectivity index (χ4v) is 4.79. The molecule has 0 aromatic heterocycles. The number of aliphatic hydroxyl groups is 2. The summed E-state index contributed by atoms with van der Waals surface area (Å²) in [6.45, 7) is 0.757. The lowest BCUT2D eigenvalue weighted by molar-refractivity contribution is -0.252. The van der Waals surface area contributed by atoms with Gasteiger partial charge in [0.05, 0.1) is 31.3 Å². The Balaban J connectivity index is 1.49. The molecule has 10 nitrogen and oxygen atoms in total. The van der Waals surface area contributed by atoms with Crippen molar-refractivity contribution in [2.45, 2.75) is 50.5 Å². The molecule has 1 aliphatic heterocycles. The first kappa shape index (κ1) is 30.2. The summed E-state index contributed by atoms with van der Waals surface area (Å²) in [4.78, 5) is 24.9. The number of carbonyl (C=O) groups is 2. The molecule has 3 aromatic carbocycles. The zero-order valence-corrected chi connectivity index (χ0v) is 22.8. The maximum atomic E-state index is 12.2. The first-order chi connectivity index (χ1) is 19.7. The molecular formula is C31H36N2O8. The molecule has 10 heteroatoms. The number of aliphatic hydroxyl groups excluding tert-OH is 2. The highest BCUT2D eigenvalue weighted by Crippen LogP contribution is 2.38. The molecular weight excluding hydrogens is 528 g/mol. The van der Waals surface area contributed by atoms with Gasteiger partial charge in [0, 0.05) is 37.2 Å². The van der Waals surface area contributed by atoms with Gasteiger partial charge in [0.2, 0.25) is 5.91 Å². The minimum atomic E-state index is -1.04. The van der Waals surface area contributed by atoms with Gasteiger partial charge in [0.25, 0.3) is 0 Å². The van der Waals surface area contributed by atoms with Gasteiger partial charge in [-0.1, -0.05) is 48.5 Å². The van der Waals surface area contributed by atoms with E-state index in [1.807, 2.05) is 42.3 Å². The Bertz CT molecular complexity index is 1320. The smallest absolute Gasteiger partial charge is 0.303 e. The average Bonchev–Trinajstić information content (AvgIpc) is 2.96. The van der Waals surface area contributed by atoms with Crippen molar-refractivity contribution in [1.29, 1.82) is 0 Å². The number of carboxylic acid groups (broad SMARTS) is 1. The van der Waals surface area contributed by atoms with Gasteiger partial charge in [-0.2, -0.15) is 0 Å². The average molecular weight is 565 g/mol. The molecule has 4 atom stereocenters. The number of phenolic OH excluding ortho intramolecular Hbond substituents is 1. The van der Waals surface area contributed by atoms with Crippen molar-refractivity contribution < 1.29 is 39.5 Å². The van der Waals surface area contributed by atoms with Crippen LogP contribution in [0, 0.1) is 0 Å². The van der Waals surface area contributed by atoms with Crippen LogP contribution < -0.4 is 5.32 Å². The van der Waals surface area contributed by atoms with E-state index in [0.717, 1.165) is 11.1 Å². The Morgan fingerprint density at radius 3 is 2.46 bits per heavy atom. The van der Waals surface area contributed by atoms with Crippen LogP contribution in [0.15, 0.2) is 72.8 Å². The second kappa shape index (κ2) is 14.2. The fraction of sp³-hybridized carbons (Fsp3) is 0.355. The summed E-state index contributed by atoms with van der Waals surface area (Å²) < 4.78 is 12.7. The fourth-order valence-electron chi connectivity index (χ4n) is 4.79. The lowest BCUT2D eigenvalue weighted by atomic mass is 9.99. The molecule has 1 amide bonds. The number of phenols is 1. The number of carboxylic acids is 1. The van der Waals surface area contributed by atoms with Gasteiger partial charge in [0.1, 0.15) is 5.75 Å². The second-order valence-electron chi connectivity index (χ2n) is 10.2. The summed E-state index contributed by atoms with van der Waals surface area (Å²) in [5, 5.41) is 41.5. The first-order valence-corrected chi connectivity index (χ1v) is 13.5. The monoisotopic (exact) mass is 564 g/mol. The molecule has 4 rings (SSSR count). The molecule has 1 heterocycles. The van der Waals surface area contributed by atoms with E-state index >= 15 is 0 Å². The van der Waals surface area contributed by atoms with Crippen LogP contribution in [0.2, 0.25) is 0 Å². The Hall–Kier alpha value is -3.80. The van der Waals surface area contributed by atoms with Crippen LogP contribution in [0.3, 0.4) is 0 Å². The van der Waals surface area contributed by atoms with E-state index in [-0.39, 0.29) is 37.4 Å². The standard InChI is InChI=1S/C31H36N2O8/c1-33(18-27(36)22-4-3-7-25(35)15-22)17-26-16-28(21-10-8-20(19-34)9-11-21)41-31(40-26)23-5-2-6-24(14-23)32-29(37)12-13-30(38)39/h2-11,14-15,26-28,31,34-36H,12-13,16-19H2,1H3,(H,32,37)(H,38,39)/t26-,27+,28+,31+/m0/s1. The normalized spacial score (nSPS) is 19.6. The van der Waals surface area contributed by atoms with Crippen LogP contribution in [0.4, 0.5) is 5.69 Å². The van der Waals surface area contributed by atoms with Crippen LogP contribution >= 0.6 is 0 Å². The Morgan fingerprint density at radius 2 is 1.76 bits per heavy atom. The molecule has 218 valence electrons. The summed E-state index contributed by atoms with van der Waals surface area (Å²) in [6.07, 6.45) is -1.98. The molecule has 5 N–H and O–H groups in total. The first-order valence-electron chi connectivity index (χ1n) is 13.5. The van der Waals surface area contributed by atoms with E-state index in [2.05, 4.69) is 5.32 Å². The number of hydrogen-bond acceptors (Lipinski definition) is 8. The predicted octanol–water partition coefficient (Wildman–Crippen LogP) is 3.90. The second-order valence-corrected chi connectivity index (χ2v) is 10.2. The maximum Gasteiger partial charge on any atom is 0.303 e. The predicted molar refractivity (Wildman–Crippen MR) is 151 cm³/mol. The molecule has 1 aliphatic rings. The molecule has 41 heavy (non-hydrogen) atoms. The number of anilines is 1. The van der Waals surface area contributed by atoms with Crippen molar-refractivity contribution in [3.63, 3.8) is 0 Å². The topological polar surface area (TPSA) is 149 Å². The highest BCUT2D eigenvalue weighted by atomic mass is 16.7. The Kier molecular flexibility index (Phi) is 10.4. The van der Waals surface area contributed by atoms with Crippen LogP contribution in [0.1, 0.15) is 60.0 Å². The minimum Gasteiger partial charge on any atom is -0.508 e. The molecule has 1 saturated heterocycles. The summed E-state index contributed by atoms with van der Waals surface area (Å²) >= 11 is 0. The van der Waals surface area contributed by atoms with E-state index in [4.69, 9.17) is 14.6 Å². The quantitative estimate of drug-likeness (QED) is 0.221. The van der Waals surface area contributed by atoms with Gasteiger partial charge in [-0.3, -0.25) is 9.59 Å². The minimum absolute atomic E-state index is 0.0581. The summed E-state index contributed by atoms with van der Waals surface area (Å²) in [6, 6.07) is 21.1. The number of amides is 1. The van der Waals surface area contributed by atoms with Gasteiger partial charge in [-0.25, -0.2) is 0 Å². The van der Waals surface area contributed by atoms with E-state index in [1.165, 1.54) is 0 Å². The zero-order valence-electron chi connectivity index (χ0n) is 22.8. The zero-order chi connectivity index (χ0) is 29.4. The number of benzene rings is 3. The molecule has 0 saturated carbocycles. The number of aliphatic carboxylic acids is 1. The van der Waals surface area contributed by atoms with E-state index in [9.17, 15) is 24.9 Å². The number of ether oxygens (including phenoxy) is 2. The number of hydrogen-bond donors (Lipinski definition) is 5. The lowest BCUT2D eigenvalue weighted by Crippen LogP contribution is -2.39. The third-order valence-electron chi connectivity index (χ3n) is 6.88. The highest BCUT2D eigenvalue weighted by Gasteiger charge is 2.33. The SMILES string of the molecule is CN(C[C@@H]1C[C@H](c2ccc(CO)cc2)O[C@H](c2cccc(NC(=O)CCC(=O)O)c2)O1)C[C@@H](O)c1cccc(O)c1. The van der Waals surface area contributed by atoms with Crippen molar-refractivity contribution in [3.8, 4) is 5.75 Å². The van der Waals surface area contributed by atoms with Gasteiger partial charge in [-0.15, -0.1) is 0 Å². The molecule has 0 unspecified atom stereocenters. The van der Waals surface area contributed by atoms with Crippen LogP contribution in [-0.2, 0) is 25.7 Å². The molecule has 0 aliphatic carbocycles. The third-order valence-corrected chi connectivity index (χ3v) is 6.88. The number of likely N-dealkylation sites (N-methyl/N-ethyl adjacent to an activating group) is 1. The molecule has 0 radical (unpaired) electrons. The van der Waals surface area contributed by atoms with E-state index < -0.39 is 24.3 Å². The van der Waals surface area contributed by atoms with Crippen molar-refractivity contribution >= 4 is 17.6 Å². The molecule has 0 spiro atoms. The molecule has 1 fully saturated rings. The number of rotatable bonds is 12. The summed E-state index contributed by atoms with van der Waals surface area (Å²) in [5.41, 5.74) is 3.53. The number of aromatic hydroxyl groups is 1. The largest absolute Gasteiger partial charge is 0.508 e. The van der Waals surface area contributed by atoms with Crippen molar-refractivity contribution in [2.75, 3.05) is 25.5 Å². The highest BCUT2D eigenvalue weighted by molar-refractivity contribution is 5.92. The van der Waals surface area contributed by atoms with Gasteiger partial charge in [0.15, 0.2) is 6.29 Å². The van der Waals surface area contributed by atoms with Crippen molar-refractivity contribution in [2.24, 2.45) is 0 Å². The van der Waals surface area contributed by atoms with Gasteiger partial charge in [-0.05, 0) is 48.0 Å². The van der Waals surface area contributed by atoms with Crippen molar-refractivity contribution in [3.05, 3.63) is 95.1 Å². The molecule has 0 bridgehead atoms. The number of nitrogens with zero attached hydrogens (tertiary/aromatic N) is 1. The van der Waals surface area contributed by atoms with Crippen LogP contribution in [-0.4, -0.2) is 63.4 Å². The molecule has 3 aromatic rings. The van der Waals surface area contributed by atoms with E-state index in [0.29, 0.717) is 36.3 Å². The Morgan fingerprint density at radius 1 is 1.00 bits per heavy atom. The maximum absolute atomic E-state index is 12.2. The summed E-state index contributed by atoms with van der Waals surface area (Å²) in [7, 11) is 1.89. The number of carbonyl (C=O) groups excluding carboxylic acids is 1. The van der Waals surface area contributed by atoms with Gasteiger partial charge >= 0.3 is 5.97 Å².